The Morgan fingerprint density at radius 3 is 2.83 bits per heavy atom. The standard InChI is InChI=1S/C9H14F3N5O/c10-9(11,12)6-14-8(18)5-17-4-7(15-16-17)2-1-3-13/h4H,1-3,5-6,13H2,(H,14,18). The van der Waals surface area contributed by atoms with E-state index in [-0.39, 0.29) is 6.54 Å². The number of amides is 1. The number of nitrogens with two attached hydrogens (primary N) is 1. The predicted octanol–water partition coefficient (Wildman–Crippen LogP) is -0.152. The molecule has 3 N–H and O–H groups in total. The van der Waals surface area contributed by atoms with E-state index < -0.39 is 18.6 Å². The Labute approximate surface area is 101 Å². The highest BCUT2D eigenvalue weighted by Crippen LogP contribution is 2.12. The van der Waals surface area contributed by atoms with Crippen LogP contribution in [0, 0.1) is 0 Å². The molecule has 0 bridgehead atoms. The zero-order valence-corrected chi connectivity index (χ0v) is 9.57. The second-order valence-corrected chi connectivity index (χ2v) is 3.69. The van der Waals surface area contributed by atoms with Crippen LogP contribution in [0.4, 0.5) is 13.2 Å². The summed E-state index contributed by atoms with van der Waals surface area (Å²) in [6.07, 6.45) is -1.53. The van der Waals surface area contributed by atoms with Crippen LogP contribution in [0.25, 0.3) is 0 Å². The van der Waals surface area contributed by atoms with Crippen molar-refractivity contribution in [2.75, 3.05) is 13.1 Å². The van der Waals surface area contributed by atoms with Crippen LogP contribution < -0.4 is 11.1 Å². The third-order valence-corrected chi connectivity index (χ3v) is 2.01. The molecule has 0 atom stereocenters. The van der Waals surface area contributed by atoms with Gasteiger partial charge in [0.2, 0.25) is 5.91 Å². The van der Waals surface area contributed by atoms with E-state index in [0.717, 1.165) is 6.42 Å². The summed E-state index contributed by atoms with van der Waals surface area (Å²) < 4.78 is 36.7. The smallest absolute Gasteiger partial charge is 0.345 e. The van der Waals surface area contributed by atoms with Crippen LogP contribution in [0.2, 0.25) is 0 Å². The first-order chi connectivity index (χ1) is 8.40. The molecule has 0 saturated carbocycles. The maximum atomic E-state index is 11.8. The Morgan fingerprint density at radius 1 is 1.50 bits per heavy atom. The molecule has 18 heavy (non-hydrogen) atoms. The van der Waals surface area contributed by atoms with Gasteiger partial charge in [0.25, 0.3) is 0 Å². The molecule has 9 heteroatoms. The molecule has 1 amide bonds. The molecule has 1 aromatic rings. The topological polar surface area (TPSA) is 85.8 Å². The van der Waals surface area contributed by atoms with Crippen molar-refractivity contribution in [3.05, 3.63) is 11.9 Å². The molecule has 0 aliphatic heterocycles. The molecule has 0 aliphatic rings. The maximum absolute atomic E-state index is 11.8. The van der Waals surface area contributed by atoms with Gasteiger partial charge in [0.15, 0.2) is 0 Å². The Morgan fingerprint density at radius 2 is 2.22 bits per heavy atom. The molecule has 102 valence electrons. The number of alkyl halides is 3. The average Bonchev–Trinajstić information content (AvgIpc) is 2.70. The fourth-order valence-corrected chi connectivity index (χ4v) is 1.22. The lowest BCUT2D eigenvalue weighted by atomic mass is 10.2. The second kappa shape index (κ2) is 6.34. The Kier molecular flexibility index (Phi) is 5.08. The summed E-state index contributed by atoms with van der Waals surface area (Å²) in [5, 5.41) is 9.16. The molecule has 6 nitrogen and oxygen atoms in total. The van der Waals surface area contributed by atoms with Crippen molar-refractivity contribution in [2.45, 2.75) is 25.6 Å². The van der Waals surface area contributed by atoms with E-state index >= 15 is 0 Å². The van der Waals surface area contributed by atoms with E-state index in [2.05, 4.69) is 10.3 Å². The largest absolute Gasteiger partial charge is 0.405 e. The first kappa shape index (κ1) is 14.4. The van der Waals surface area contributed by atoms with Crippen molar-refractivity contribution >= 4 is 5.91 Å². The third kappa shape index (κ3) is 5.62. The lowest BCUT2D eigenvalue weighted by Crippen LogP contribution is -2.35. The van der Waals surface area contributed by atoms with Gasteiger partial charge in [0.1, 0.15) is 13.1 Å². The fourth-order valence-electron chi connectivity index (χ4n) is 1.22. The molecule has 1 heterocycles. The fraction of sp³-hybridized carbons (Fsp3) is 0.667. The molecule has 1 rings (SSSR count). The highest BCUT2D eigenvalue weighted by atomic mass is 19.4. The van der Waals surface area contributed by atoms with Crippen LogP contribution in [0.1, 0.15) is 12.1 Å². The molecule has 0 aromatic carbocycles. The van der Waals surface area contributed by atoms with Crippen molar-refractivity contribution in [1.82, 2.24) is 20.3 Å². The van der Waals surface area contributed by atoms with E-state index in [1.807, 2.05) is 0 Å². The monoisotopic (exact) mass is 265 g/mol. The van der Waals surface area contributed by atoms with Gasteiger partial charge in [-0.05, 0) is 19.4 Å². The molecule has 0 radical (unpaired) electrons. The van der Waals surface area contributed by atoms with Crippen molar-refractivity contribution in [1.29, 1.82) is 0 Å². The van der Waals surface area contributed by atoms with Crippen molar-refractivity contribution in [3.63, 3.8) is 0 Å². The maximum Gasteiger partial charge on any atom is 0.405 e. The average molecular weight is 265 g/mol. The van der Waals surface area contributed by atoms with Gasteiger partial charge in [-0.1, -0.05) is 5.21 Å². The van der Waals surface area contributed by atoms with E-state index in [4.69, 9.17) is 5.73 Å². The number of aryl methyl sites for hydroxylation is 1. The van der Waals surface area contributed by atoms with E-state index in [1.54, 1.807) is 5.32 Å². The Bertz CT molecular complexity index is 390. The lowest BCUT2D eigenvalue weighted by molar-refractivity contribution is -0.138. The quantitative estimate of drug-likeness (QED) is 0.749. The number of hydrogen-bond acceptors (Lipinski definition) is 4. The van der Waals surface area contributed by atoms with Crippen molar-refractivity contribution < 1.29 is 18.0 Å². The number of halogens is 3. The van der Waals surface area contributed by atoms with Gasteiger partial charge in [-0.15, -0.1) is 5.10 Å². The summed E-state index contributed by atoms with van der Waals surface area (Å²) in [7, 11) is 0. The summed E-state index contributed by atoms with van der Waals surface area (Å²) in [5.41, 5.74) is 5.98. The first-order valence-electron chi connectivity index (χ1n) is 5.33. The molecule has 0 aliphatic carbocycles. The van der Waals surface area contributed by atoms with E-state index in [1.165, 1.54) is 10.9 Å². The van der Waals surface area contributed by atoms with Crippen molar-refractivity contribution in [2.24, 2.45) is 5.73 Å². The number of nitrogens with zero attached hydrogens (tertiary/aromatic N) is 3. The third-order valence-electron chi connectivity index (χ3n) is 2.01. The summed E-state index contributed by atoms with van der Waals surface area (Å²) in [6, 6.07) is 0. The highest BCUT2D eigenvalue weighted by Gasteiger charge is 2.27. The zero-order chi connectivity index (χ0) is 13.6. The Hall–Kier alpha value is -1.64. The predicted molar refractivity (Wildman–Crippen MR) is 56.5 cm³/mol. The van der Waals surface area contributed by atoms with E-state index in [0.29, 0.717) is 18.7 Å². The number of carbonyl (C=O) groups is 1. The number of rotatable bonds is 6. The summed E-state index contributed by atoms with van der Waals surface area (Å²) in [4.78, 5) is 11.2. The number of carbonyl (C=O) groups excluding carboxylic acids is 1. The van der Waals surface area contributed by atoms with Gasteiger partial charge in [0.05, 0.1) is 5.69 Å². The molecule has 0 unspecified atom stereocenters. The lowest BCUT2D eigenvalue weighted by Gasteiger charge is -2.07. The van der Waals surface area contributed by atoms with Crippen LogP contribution in [0.15, 0.2) is 6.20 Å². The first-order valence-corrected chi connectivity index (χ1v) is 5.33. The van der Waals surface area contributed by atoms with Gasteiger partial charge in [-0.3, -0.25) is 4.79 Å². The SMILES string of the molecule is NCCCc1cn(CC(=O)NCC(F)(F)F)nn1. The van der Waals surface area contributed by atoms with Crippen LogP contribution in [0.3, 0.4) is 0 Å². The molecular formula is C9H14F3N5O. The van der Waals surface area contributed by atoms with Crippen LogP contribution in [-0.2, 0) is 17.8 Å². The molecule has 0 fully saturated rings. The van der Waals surface area contributed by atoms with Gasteiger partial charge < -0.3 is 11.1 Å². The minimum absolute atomic E-state index is 0.286. The number of hydrogen-bond donors (Lipinski definition) is 2. The van der Waals surface area contributed by atoms with Gasteiger partial charge in [-0.2, -0.15) is 13.2 Å². The number of aromatic nitrogens is 3. The summed E-state index contributed by atoms with van der Waals surface area (Å²) >= 11 is 0. The zero-order valence-electron chi connectivity index (χ0n) is 9.57. The molecule has 0 saturated heterocycles. The van der Waals surface area contributed by atoms with Crippen LogP contribution in [0.5, 0.6) is 0 Å². The summed E-state index contributed by atoms with van der Waals surface area (Å²) in [5.74, 6) is -0.761. The van der Waals surface area contributed by atoms with Gasteiger partial charge in [-0.25, -0.2) is 4.68 Å². The molecular weight excluding hydrogens is 251 g/mol. The molecule has 0 spiro atoms. The van der Waals surface area contributed by atoms with E-state index in [9.17, 15) is 18.0 Å². The molecule has 1 aromatic heterocycles. The minimum atomic E-state index is -4.41. The normalized spacial score (nSPS) is 11.6. The number of nitrogens with one attached hydrogen (secondary N) is 1. The van der Waals surface area contributed by atoms with Gasteiger partial charge in [0, 0.05) is 6.20 Å². The van der Waals surface area contributed by atoms with Crippen LogP contribution >= 0.6 is 0 Å². The summed E-state index contributed by atoms with van der Waals surface area (Å²) in [6.45, 7) is -1.12. The second-order valence-electron chi connectivity index (χ2n) is 3.69. The minimum Gasteiger partial charge on any atom is -0.345 e. The van der Waals surface area contributed by atoms with Gasteiger partial charge >= 0.3 is 6.18 Å². The highest BCUT2D eigenvalue weighted by molar-refractivity contribution is 5.75. The van der Waals surface area contributed by atoms with Crippen LogP contribution in [-0.4, -0.2) is 40.2 Å². The van der Waals surface area contributed by atoms with Crippen molar-refractivity contribution in [3.8, 4) is 0 Å². The Balaban J connectivity index is 2.37.